The lowest BCUT2D eigenvalue weighted by atomic mass is 10.4. The summed E-state index contributed by atoms with van der Waals surface area (Å²) in [5.41, 5.74) is 3.36. The number of hydrazine groups is 1. The van der Waals surface area contributed by atoms with E-state index in [0.29, 0.717) is 5.82 Å². The Labute approximate surface area is 112 Å². The number of likely N-dealkylation sites (N-methyl/N-ethyl adjacent to an activating group) is 1. The summed E-state index contributed by atoms with van der Waals surface area (Å²) in [5, 5.41) is 3.32. The fourth-order valence-electron chi connectivity index (χ4n) is 1.99. The Balaban J connectivity index is 2.08. The number of nitrogens with zero attached hydrogens (tertiary/aromatic N) is 4. The van der Waals surface area contributed by atoms with Crippen molar-refractivity contribution in [3.8, 4) is 0 Å². The lowest BCUT2D eigenvalue weighted by Gasteiger charge is -2.18. The molecule has 0 fully saturated rings. The standard InChI is InChI=1S/C12H21N7/c1-3-18(4-2)7-5-14-11-12-15-6-8-19(12)9-10(16-11)17-13/h6,8-9,17H,3-5,7,13H2,1-2H3,(H,14,16). The van der Waals surface area contributed by atoms with Gasteiger partial charge in [-0.2, -0.15) is 0 Å². The van der Waals surface area contributed by atoms with Crippen LogP contribution in [0.5, 0.6) is 0 Å². The third-order valence-electron chi connectivity index (χ3n) is 3.14. The molecule has 0 spiro atoms. The molecule has 0 unspecified atom stereocenters. The molecule has 0 atom stereocenters. The summed E-state index contributed by atoms with van der Waals surface area (Å²) in [6, 6.07) is 0. The lowest BCUT2D eigenvalue weighted by molar-refractivity contribution is 0.316. The molecule has 0 aliphatic heterocycles. The van der Waals surface area contributed by atoms with E-state index >= 15 is 0 Å². The fraction of sp³-hybridized carbons (Fsp3) is 0.500. The Morgan fingerprint density at radius 1 is 1.37 bits per heavy atom. The van der Waals surface area contributed by atoms with Crippen molar-refractivity contribution >= 4 is 17.3 Å². The highest BCUT2D eigenvalue weighted by atomic mass is 15.3. The Morgan fingerprint density at radius 2 is 2.16 bits per heavy atom. The molecular weight excluding hydrogens is 242 g/mol. The number of anilines is 2. The van der Waals surface area contributed by atoms with E-state index in [1.54, 1.807) is 12.4 Å². The van der Waals surface area contributed by atoms with Crippen LogP contribution in [0.15, 0.2) is 18.6 Å². The van der Waals surface area contributed by atoms with Crippen molar-refractivity contribution in [2.24, 2.45) is 5.84 Å². The first kappa shape index (κ1) is 13.6. The third kappa shape index (κ3) is 3.12. The van der Waals surface area contributed by atoms with Crippen LogP contribution < -0.4 is 16.6 Å². The number of hydrogen-bond acceptors (Lipinski definition) is 6. The molecule has 4 N–H and O–H groups in total. The highest BCUT2D eigenvalue weighted by molar-refractivity contribution is 5.65. The fourth-order valence-corrected chi connectivity index (χ4v) is 1.99. The van der Waals surface area contributed by atoms with Gasteiger partial charge in [0.2, 0.25) is 0 Å². The summed E-state index contributed by atoms with van der Waals surface area (Å²) in [4.78, 5) is 11.0. The van der Waals surface area contributed by atoms with E-state index in [0.717, 1.165) is 37.6 Å². The van der Waals surface area contributed by atoms with E-state index in [2.05, 4.69) is 39.5 Å². The highest BCUT2D eigenvalue weighted by Gasteiger charge is 2.07. The van der Waals surface area contributed by atoms with E-state index in [-0.39, 0.29) is 0 Å². The predicted octanol–water partition coefficient (Wildman–Crippen LogP) is 0.769. The van der Waals surface area contributed by atoms with Crippen molar-refractivity contribution in [3.05, 3.63) is 18.6 Å². The van der Waals surface area contributed by atoms with Gasteiger partial charge in [-0.05, 0) is 13.1 Å². The molecule has 7 heteroatoms. The van der Waals surface area contributed by atoms with Crippen LogP contribution >= 0.6 is 0 Å². The van der Waals surface area contributed by atoms with E-state index in [9.17, 15) is 0 Å². The van der Waals surface area contributed by atoms with Crippen molar-refractivity contribution in [2.75, 3.05) is 36.9 Å². The largest absolute Gasteiger partial charge is 0.366 e. The van der Waals surface area contributed by atoms with Crippen molar-refractivity contribution < 1.29 is 0 Å². The second-order valence-corrected chi connectivity index (χ2v) is 4.23. The molecule has 104 valence electrons. The minimum Gasteiger partial charge on any atom is -0.366 e. The average molecular weight is 263 g/mol. The minimum absolute atomic E-state index is 0.607. The Kier molecular flexibility index (Phi) is 4.53. The summed E-state index contributed by atoms with van der Waals surface area (Å²) >= 11 is 0. The molecule has 2 aromatic rings. The maximum atomic E-state index is 5.42. The van der Waals surface area contributed by atoms with E-state index in [1.165, 1.54) is 0 Å². The summed E-state index contributed by atoms with van der Waals surface area (Å²) < 4.78 is 1.89. The molecule has 0 amide bonds. The Morgan fingerprint density at radius 3 is 2.84 bits per heavy atom. The summed E-state index contributed by atoms with van der Waals surface area (Å²) in [6.45, 7) is 8.22. The third-order valence-corrected chi connectivity index (χ3v) is 3.14. The number of hydrogen-bond donors (Lipinski definition) is 3. The van der Waals surface area contributed by atoms with Gasteiger partial charge in [-0.3, -0.25) is 0 Å². The van der Waals surface area contributed by atoms with Crippen LogP contribution in [-0.2, 0) is 0 Å². The molecule has 0 aromatic carbocycles. The predicted molar refractivity (Wildman–Crippen MR) is 77.1 cm³/mol. The summed E-state index contributed by atoms with van der Waals surface area (Å²) in [6.07, 6.45) is 5.41. The number of nitrogen functional groups attached to an aromatic ring is 1. The van der Waals surface area contributed by atoms with Crippen LogP contribution in [-0.4, -0.2) is 45.4 Å². The van der Waals surface area contributed by atoms with Gasteiger partial charge in [-0.15, -0.1) is 0 Å². The summed E-state index contributed by atoms with van der Waals surface area (Å²) in [5.74, 6) is 6.77. The minimum atomic E-state index is 0.607. The molecule has 0 saturated carbocycles. The van der Waals surface area contributed by atoms with Crippen LogP contribution in [0.1, 0.15) is 13.8 Å². The molecular formula is C12H21N7. The molecule has 0 bridgehead atoms. The van der Waals surface area contributed by atoms with Gasteiger partial charge < -0.3 is 20.0 Å². The van der Waals surface area contributed by atoms with Crippen LogP contribution in [0.4, 0.5) is 11.6 Å². The van der Waals surface area contributed by atoms with Crippen molar-refractivity contribution in [3.63, 3.8) is 0 Å². The number of imidazole rings is 1. The van der Waals surface area contributed by atoms with E-state index in [1.807, 2.05) is 10.6 Å². The highest BCUT2D eigenvalue weighted by Crippen LogP contribution is 2.15. The molecule has 19 heavy (non-hydrogen) atoms. The van der Waals surface area contributed by atoms with Crippen molar-refractivity contribution in [1.82, 2.24) is 19.3 Å². The molecule has 0 saturated heterocycles. The van der Waals surface area contributed by atoms with Gasteiger partial charge >= 0.3 is 0 Å². The topological polar surface area (TPSA) is 83.5 Å². The monoisotopic (exact) mass is 263 g/mol. The van der Waals surface area contributed by atoms with Crippen LogP contribution in [0.2, 0.25) is 0 Å². The van der Waals surface area contributed by atoms with E-state index < -0.39 is 0 Å². The zero-order chi connectivity index (χ0) is 13.7. The SMILES string of the molecule is CCN(CC)CCNc1nc(NN)cn2ccnc12. The number of nitrogens with two attached hydrogens (primary N) is 1. The van der Waals surface area contributed by atoms with Gasteiger partial charge in [0, 0.05) is 25.5 Å². The maximum absolute atomic E-state index is 5.42. The number of fused-ring (bicyclic) bond motifs is 1. The Hall–Kier alpha value is -1.86. The Bertz CT molecular complexity index is 518. The number of rotatable bonds is 7. The number of nitrogens with one attached hydrogen (secondary N) is 2. The average Bonchev–Trinajstić information content (AvgIpc) is 2.91. The van der Waals surface area contributed by atoms with Gasteiger partial charge in [-0.1, -0.05) is 13.8 Å². The second-order valence-electron chi connectivity index (χ2n) is 4.23. The first-order chi connectivity index (χ1) is 9.28. The van der Waals surface area contributed by atoms with Crippen LogP contribution in [0.3, 0.4) is 0 Å². The maximum Gasteiger partial charge on any atom is 0.180 e. The second kappa shape index (κ2) is 6.35. The molecule has 0 aliphatic rings. The quantitative estimate of drug-likeness (QED) is 0.505. The molecule has 7 nitrogen and oxygen atoms in total. The number of aromatic nitrogens is 3. The van der Waals surface area contributed by atoms with Crippen LogP contribution in [0, 0.1) is 0 Å². The van der Waals surface area contributed by atoms with Gasteiger partial charge in [0.25, 0.3) is 0 Å². The van der Waals surface area contributed by atoms with Crippen molar-refractivity contribution in [1.29, 1.82) is 0 Å². The van der Waals surface area contributed by atoms with Crippen molar-refractivity contribution in [2.45, 2.75) is 13.8 Å². The van der Waals surface area contributed by atoms with Gasteiger partial charge in [-0.25, -0.2) is 15.8 Å². The zero-order valence-corrected chi connectivity index (χ0v) is 11.4. The lowest BCUT2D eigenvalue weighted by Crippen LogP contribution is -2.29. The molecule has 0 aliphatic carbocycles. The smallest absolute Gasteiger partial charge is 0.180 e. The zero-order valence-electron chi connectivity index (χ0n) is 11.4. The first-order valence-electron chi connectivity index (χ1n) is 6.55. The molecule has 2 heterocycles. The normalized spacial score (nSPS) is 11.2. The van der Waals surface area contributed by atoms with E-state index in [4.69, 9.17) is 5.84 Å². The molecule has 2 aromatic heterocycles. The van der Waals surface area contributed by atoms with Gasteiger partial charge in [0.1, 0.15) is 0 Å². The van der Waals surface area contributed by atoms with Gasteiger partial charge in [0.15, 0.2) is 17.3 Å². The van der Waals surface area contributed by atoms with Crippen LogP contribution in [0.25, 0.3) is 5.65 Å². The summed E-state index contributed by atoms with van der Waals surface area (Å²) in [7, 11) is 0. The molecule has 0 radical (unpaired) electrons. The van der Waals surface area contributed by atoms with Gasteiger partial charge in [0.05, 0.1) is 6.20 Å². The molecule has 2 rings (SSSR count). The first-order valence-corrected chi connectivity index (χ1v) is 6.55.